The van der Waals surface area contributed by atoms with E-state index in [1.54, 1.807) is 41.6 Å². The summed E-state index contributed by atoms with van der Waals surface area (Å²) < 4.78 is 5.64. The molecule has 0 spiro atoms. The first-order chi connectivity index (χ1) is 14.2. The topological polar surface area (TPSA) is 66.2 Å². The molecular formula is C24H23N3O2. The SMILES string of the molecule is CCc1ccc(CN(Cc2cccnc2)C(=O)COc2ccc(C#N)cc2)cc1. The van der Waals surface area contributed by atoms with E-state index in [-0.39, 0.29) is 12.5 Å². The number of carbonyl (C=O) groups excluding carboxylic acids is 1. The van der Waals surface area contributed by atoms with Crippen LogP contribution in [0.1, 0.15) is 29.2 Å². The molecule has 0 atom stereocenters. The third-order valence-corrected chi connectivity index (χ3v) is 4.60. The number of aromatic nitrogens is 1. The molecule has 3 rings (SSSR count). The first-order valence-electron chi connectivity index (χ1n) is 9.55. The van der Waals surface area contributed by atoms with Crippen molar-refractivity contribution in [3.05, 3.63) is 95.3 Å². The Labute approximate surface area is 171 Å². The molecule has 0 bridgehead atoms. The molecule has 1 heterocycles. The van der Waals surface area contributed by atoms with Gasteiger partial charge in [0.05, 0.1) is 11.6 Å². The fourth-order valence-electron chi connectivity index (χ4n) is 2.91. The molecule has 146 valence electrons. The molecule has 0 saturated carbocycles. The van der Waals surface area contributed by atoms with Crippen molar-refractivity contribution < 1.29 is 9.53 Å². The zero-order chi connectivity index (χ0) is 20.5. The lowest BCUT2D eigenvalue weighted by atomic mass is 10.1. The Morgan fingerprint density at radius 2 is 1.69 bits per heavy atom. The van der Waals surface area contributed by atoms with E-state index in [2.05, 4.69) is 42.2 Å². The van der Waals surface area contributed by atoms with Crippen molar-refractivity contribution in [3.63, 3.8) is 0 Å². The Morgan fingerprint density at radius 3 is 2.31 bits per heavy atom. The van der Waals surface area contributed by atoms with E-state index in [0.29, 0.717) is 24.4 Å². The Hall–Kier alpha value is -3.65. The molecule has 1 aromatic heterocycles. The highest BCUT2D eigenvalue weighted by molar-refractivity contribution is 5.77. The minimum absolute atomic E-state index is 0.0702. The molecule has 0 unspecified atom stereocenters. The summed E-state index contributed by atoms with van der Waals surface area (Å²) in [5.41, 5.74) is 3.85. The van der Waals surface area contributed by atoms with Gasteiger partial charge in [-0.05, 0) is 53.4 Å². The molecule has 5 heteroatoms. The van der Waals surface area contributed by atoms with Crippen molar-refractivity contribution in [2.75, 3.05) is 6.61 Å². The predicted octanol–water partition coefficient (Wildman–Crippen LogP) is 4.12. The minimum atomic E-state index is -0.113. The van der Waals surface area contributed by atoms with Crippen molar-refractivity contribution >= 4 is 5.91 Å². The van der Waals surface area contributed by atoms with Crippen LogP contribution in [0.25, 0.3) is 0 Å². The van der Waals surface area contributed by atoms with Crippen molar-refractivity contribution in [2.45, 2.75) is 26.4 Å². The van der Waals surface area contributed by atoms with Crippen LogP contribution in [0.5, 0.6) is 5.75 Å². The lowest BCUT2D eigenvalue weighted by molar-refractivity contribution is -0.134. The number of nitrogens with zero attached hydrogens (tertiary/aromatic N) is 3. The van der Waals surface area contributed by atoms with Gasteiger partial charge in [0.25, 0.3) is 5.91 Å². The number of benzene rings is 2. The van der Waals surface area contributed by atoms with Gasteiger partial charge in [-0.2, -0.15) is 5.26 Å². The summed E-state index contributed by atoms with van der Waals surface area (Å²) in [5.74, 6) is 0.448. The standard InChI is InChI=1S/C24H23N3O2/c1-2-19-5-7-21(8-6-19)16-27(17-22-4-3-13-26-15-22)24(28)18-29-23-11-9-20(14-25)10-12-23/h3-13,15H,2,16-18H2,1H3. The lowest BCUT2D eigenvalue weighted by Gasteiger charge is -2.23. The zero-order valence-electron chi connectivity index (χ0n) is 16.4. The molecule has 0 N–H and O–H groups in total. The molecule has 1 amide bonds. The minimum Gasteiger partial charge on any atom is -0.484 e. The van der Waals surface area contributed by atoms with Crippen LogP contribution in [-0.2, 0) is 24.3 Å². The fourth-order valence-corrected chi connectivity index (χ4v) is 2.91. The first kappa shape index (κ1) is 20.1. The molecule has 0 fully saturated rings. The van der Waals surface area contributed by atoms with E-state index in [0.717, 1.165) is 17.5 Å². The molecule has 0 aliphatic carbocycles. The van der Waals surface area contributed by atoms with Gasteiger partial charge in [0, 0.05) is 25.5 Å². The van der Waals surface area contributed by atoms with E-state index in [1.165, 1.54) is 5.56 Å². The Bertz CT molecular complexity index is 962. The normalized spacial score (nSPS) is 10.2. The largest absolute Gasteiger partial charge is 0.484 e. The highest BCUT2D eigenvalue weighted by Crippen LogP contribution is 2.14. The predicted molar refractivity (Wildman–Crippen MR) is 111 cm³/mol. The third-order valence-electron chi connectivity index (χ3n) is 4.60. The van der Waals surface area contributed by atoms with E-state index < -0.39 is 0 Å². The van der Waals surface area contributed by atoms with Crippen LogP contribution in [0.15, 0.2) is 73.1 Å². The van der Waals surface area contributed by atoms with Gasteiger partial charge < -0.3 is 9.64 Å². The average molecular weight is 385 g/mol. The molecule has 0 aliphatic heterocycles. The summed E-state index contributed by atoms with van der Waals surface area (Å²) in [6.45, 7) is 3.00. The molecule has 3 aromatic rings. The Morgan fingerprint density at radius 1 is 1.00 bits per heavy atom. The summed E-state index contributed by atoms with van der Waals surface area (Å²) in [5, 5.41) is 8.88. The number of hydrogen-bond acceptors (Lipinski definition) is 4. The third kappa shape index (κ3) is 5.91. The van der Waals surface area contributed by atoms with Crippen molar-refractivity contribution in [1.29, 1.82) is 5.26 Å². The van der Waals surface area contributed by atoms with Gasteiger partial charge in [0.1, 0.15) is 5.75 Å². The highest BCUT2D eigenvalue weighted by Gasteiger charge is 2.16. The smallest absolute Gasteiger partial charge is 0.261 e. The van der Waals surface area contributed by atoms with Crippen molar-refractivity contribution in [3.8, 4) is 11.8 Å². The summed E-state index contributed by atoms with van der Waals surface area (Å²) in [7, 11) is 0. The van der Waals surface area contributed by atoms with Gasteiger partial charge in [-0.15, -0.1) is 0 Å². The maximum atomic E-state index is 12.9. The second kappa shape index (κ2) is 10.0. The maximum Gasteiger partial charge on any atom is 0.261 e. The van der Waals surface area contributed by atoms with Gasteiger partial charge in [0.2, 0.25) is 0 Å². The van der Waals surface area contributed by atoms with E-state index >= 15 is 0 Å². The highest BCUT2D eigenvalue weighted by atomic mass is 16.5. The monoisotopic (exact) mass is 385 g/mol. The number of aryl methyl sites for hydroxylation is 1. The van der Waals surface area contributed by atoms with Crippen LogP contribution in [0.4, 0.5) is 0 Å². The van der Waals surface area contributed by atoms with Gasteiger partial charge in [-0.3, -0.25) is 9.78 Å². The quantitative estimate of drug-likeness (QED) is 0.585. The number of nitriles is 1. The number of pyridine rings is 1. The molecule has 0 aliphatic rings. The van der Waals surface area contributed by atoms with E-state index in [1.807, 2.05) is 12.1 Å². The summed E-state index contributed by atoms with van der Waals surface area (Å²) in [6, 6.07) is 20.9. The Kier molecular flexibility index (Phi) is 6.96. The lowest BCUT2D eigenvalue weighted by Crippen LogP contribution is -2.34. The van der Waals surface area contributed by atoms with Gasteiger partial charge in [0.15, 0.2) is 6.61 Å². The van der Waals surface area contributed by atoms with Crippen LogP contribution in [0, 0.1) is 11.3 Å². The van der Waals surface area contributed by atoms with Crippen LogP contribution in [0.3, 0.4) is 0 Å². The van der Waals surface area contributed by atoms with Crippen molar-refractivity contribution in [1.82, 2.24) is 9.88 Å². The molecule has 0 radical (unpaired) electrons. The number of hydrogen-bond donors (Lipinski definition) is 0. The second-order valence-corrected chi connectivity index (χ2v) is 6.71. The van der Waals surface area contributed by atoms with Gasteiger partial charge in [-0.25, -0.2) is 0 Å². The fraction of sp³-hybridized carbons (Fsp3) is 0.208. The van der Waals surface area contributed by atoms with Crippen LogP contribution in [0.2, 0.25) is 0 Å². The van der Waals surface area contributed by atoms with Crippen LogP contribution >= 0.6 is 0 Å². The van der Waals surface area contributed by atoms with Gasteiger partial charge >= 0.3 is 0 Å². The maximum absolute atomic E-state index is 12.9. The summed E-state index contributed by atoms with van der Waals surface area (Å²) in [4.78, 5) is 18.8. The number of rotatable bonds is 8. The zero-order valence-corrected chi connectivity index (χ0v) is 16.4. The van der Waals surface area contributed by atoms with Crippen molar-refractivity contribution in [2.24, 2.45) is 0 Å². The molecule has 0 saturated heterocycles. The molecule has 5 nitrogen and oxygen atoms in total. The summed E-state index contributed by atoms with van der Waals surface area (Å²) in [6.07, 6.45) is 4.46. The average Bonchev–Trinajstić information content (AvgIpc) is 2.78. The first-order valence-corrected chi connectivity index (χ1v) is 9.55. The number of ether oxygens (including phenoxy) is 1. The van der Waals surface area contributed by atoms with Crippen LogP contribution in [-0.4, -0.2) is 22.4 Å². The molecular weight excluding hydrogens is 362 g/mol. The van der Waals surface area contributed by atoms with E-state index in [9.17, 15) is 4.79 Å². The number of amides is 1. The molecule has 29 heavy (non-hydrogen) atoms. The Balaban J connectivity index is 1.69. The van der Waals surface area contributed by atoms with Gasteiger partial charge in [-0.1, -0.05) is 37.3 Å². The summed E-state index contributed by atoms with van der Waals surface area (Å²) >= 11 is 0. The molecule has 2 aromatic carbocycles. The van der Waals surface area contributed by atoms with E-state index in [4.69, 9.17) is 10.00 Å². The van der Waals surface area contributed by atoms with Crippen LogP contribution < -0.4 is 4.74 Å². The number of carbonyl (C=O) groups is 1. The second-order valence-electron chi connectivity index (χ2n) is 6.71.